The molecular formula is C14H22N4O. The summed E-state index contributed by atoms with van der Waals surface area (Å²) in [5.41, 5.74) is 6.71. The van der Waals surface area contributed by atoms with Crippen molar-refractivity contribution in [3.8, 4) is 0 Å². The van der Waals surface area contributed by atoms with Crippen molar-refractivity contribution in [2.24, 2.45) is 0 Å². The van der Waals surface area contributed by atoms with Crippen LogP contribution < -0.4 is 5.73 Å². The zero-order valence-corrected chi connectivity index (χ0v) is 11.9. The van der Waals surface area contributed by atoms with E-state index in [4.69, 9.17) is 5.73 Å². The molecule has 1 heterocycles. The molecule has 0 atom stereocenters. The monoisotopic (exact) mass is 262 g/mol. The third kappa shape index (κ3) is 2.56. The highest BCUT2D eigenvalue weighted by atomic mass is 16.2. The van der Waals surface area contributed by atoms with E-state index in [0.29, 0.717) is 11.4 Å². The van der Waals surface area contributed by atoms with Crippen LogP contribution in [0.25, 0.3) is 0 Å². The lowest BCUT2D eigenvalue weighted by Crippen LogP contribution is -2.57. The normalized spacial score (nSPS) is 17.1. The zero-order chi connectivity index (χ0) is 14.0. The maximum atomic E-state index is 12.4. The van der Waals surface area contributed by atoms with Gasteiger partial charge in [-0.3, -0.25) is 4.79 Å². The summed E-state index contributed by atoms with van der Waals surface area (Å²) in [5, 5.41) is 0. The van der Waals surface area contributed by atoms with Gasteiger partial charge in [0.05, 0.1) is 5.69 Å². The highest BCUT2D eigenvalue weighted by Crippen LogP contribution is 2.36. The van der Waals surface area contributed by atoms with Crippen LogP contribution in [0.1, 0.15) is 29.8 Å². The van der Waals surface area contributed by atoms with Gasteiger partial charge in [-0.1, -0.05) is 0 Å². The summed E-state index contributed by atoms with van der Waals surface area (Å²) in [5.74, 6) is -0.105. The molecule has 1 amide bonds. The zero-order valence-electron chi connectivity index (χ0n) is 11.9. The Hall–Kier alpha value is -1.62. The van der Waals surface area contributed by atoms with Crippen molar-refractivity contribution in [2.75, 3.05) is 33.4 Å². The molecule has 1 aromatic rings. The lowest BCUT2D eigenvalue weighted by atomic mass is 9.75. The molecule has 1 aliphatic carbocycles. The molecule has 2 rings (SSSR count). The first-order valence-corrected chi connectivity index (χ1v) is 6.60. The number of likely N-dealkylation sites (N-methyl/N-ethyl adjacent to an activating group) is 2. The summed E-state index contributed by atoms with van der Waals surface area (Å²) in [6.45, 7) is 0.717. The van der Waals surface area contributed by atoms with Crippen molar-refractivity contribution >= 4 is 11.6 Å². The van der Waals surface area contributed by atoms with Gasteiger partial charge in [-0.25, -0.2) is 4.98 Å². The summed E-state index contributed by atoms with van der Waals surface area (Å²) >= 11 is 0. The maximum absolute atomic E-state index is 12.4. The Morgan fingerprint density at radius 2 is 2.11 bits per heavy atom. The number of amides is 1. The average Bonchev–Trinajstić information content (AvgIpc) is 2.32. The molecule has 0 radical (unpaired) electrons. The predicted octanol–water partition coefficient (Wildman–Crippen LogP) is 1.22. The molecule has 0 aliphatic heterocycles. The Balaban J connectivity index is 2.10. The van der Waals surface area contributed by atoms with Gasteiger partial charge in [0.25, 0.3) is 5.91 Å². The molecule has 0 saturated heterocycles. The molecule has 0 bridgehead atoms. The van der Waals surface area contributed by atoms with Crippen LogP contribution in [0.5, 0.6) is 0 Å². The summed E-state index contributed by atoms with van der Waals surface area (Å²) < 4.78 is 0. The van der Waals surface area contributed by atoms with E-state index in [1.165, 1.54) is 6.42 Å². The second-order valence-electron chi connectivity index (χ2n) is 5.57. The van der Waals surface area contributed by atoms with Gasteiger partial charge in [-0.15, -0.1) is 0 Å². The number of nitrogens with two attached hydrogens (primary N) is 1. The number of pyridine rings is 1. The maximum Gasteiger partial charge on any atom is 0.274 e. The van der Waals surface area contributed by atoms with Crippen molar-refractivity contribution in [1.29, 1.82) is 0 Å². The van der Waals surface area contributed by atoms with Crippen LogP contribution in [0, 0.1) is 0 Å². The Labute approximate surface area is 114 Å². The topological polar surface area (TPSA) is 62.5 Å². The molecule has 0 unspecified atom stereocenters. The Morgan fingerprint density at radius 3 is 2.58 bits per heavy atom. The minimum Gasteiger partial charge on any atom is -0.397 e. The second kappa shape index (κ2) is 5.17. The van der Waals surface area contributed by atoms with Gasteiger partial charge >= 0.3 is 0 Å². The van der Waals surface area contributed by atoms with Gasteiger partial charge in [0.1, 0.15) is 0 Å². The smallest absolute Gasteiger partial charge is 0.274 e. The van der Waals surface area contributed by atoms with Crippen molar-refractivity contribution in [3.63, 3.8) is 0 Å². The molecule has 1 saturated carbocycles. The molecule has 1 fully saturated rings. The van der Waals surface area contributed by atoms with Gasteiger partial charge in [-0.2, -0.15) is 0 Å². The number of nitrogens with zero attached hydrogens (tertiary/aromatic N) is 3. The van der Waals surface area contributed by atoms with E-state index in [0.717, 1.165) is 19.4 Å². The average molecular weight is 262 g/mol. The van der Waals surface area contributed by atoms with Crippen molar-refractivity contribution < 1.29 is 4.79 Å². The Morgan fingerprint density at radius 1 is 1.42 bits per heavy atom. The molecule has 0 aromatic carbocycles. The highest BCUT2D eigenvalue weighted by molar-refractivity contribution is 5.96. The van der Waals surface area contributed by atoms with Gasteiger partial charge < -0.3 is 15.5 Å². The third-order valence-corrected chi connectivity index (χ3v) is 4.15. The van der Waals surface area contributed by atoms with Crippen molar-refractivity contribution in [3.05, 3.63) is 24.0 Å². The van der Waals surface area contributed by atoms with Crippen LogP contribution in [-0.2, 0) is 0 Å². The van der Waals surface area contributed by atoms with E-state index >= 15 is 0 Å². The number of carbonyl (C=O) groups is 1. The van der Waals surface area contributed by atoms with Crippen LogP contribution in [0.4, 0.5) is 5.69 Å². The van der Waals surface area contributed by atoms with Crippen molar-refractivity contribution in [1.82, 2.24) is 14.8 Å². The van der Waals surface area contributed by atoms with Crippen LogP contribution in [0.15, 0.2) is 18.3 Å². The predicted molar refractivity (Wildman–Crippen MR) is 75.9 cm³/mol. The first-order valence-electron chi connectivity index (χ1n) is 6.60. The standard InChI is InChI=1S/C14H22N4O/c1-17(2)14(7-5-8-14)10-18(3)13(19)12-11(15)6-4-9-16-12/h4,6,9H,5,7-8,10,15H2,1-3H3. The lowest BCUT2D eigenvalue weighted by Gasteiger charge is -2.49. The third-order valence-electron chi connectivity index (χ3n) is 4.15. The summed E-state index contributed by atoms with van der Waals surface area (Å²) in [6, 6.07) is 3.44. The van der Waals surface area contributed by atoms with Gasteiger partial charge in [-0.05, 0) is 45.5 Å². The van der Waals surface area contributed by atoms with Crippen molar-refractivity contribution in [2.45, 2.75) is 24.8 Å². The molecule has 1 aromatic heterocycles. The van der Waals surface area contributed by atoms with E-state index in [2.05, 4.69) is 24.0 Å². The molecule has 1 aliphatic rings. The van der Waals surface area contributed by atoms with Crippen LogP contribution in [0.2, 0.25) is 0 Å². The van der Waals surface area contributed by atoms with Gasteiger partial charge in [0, 0.05) is 25.3 Å². The first kappa shape index (κ1) is 13.8. The minimum absolute atomic E-state index is 0.105. The molecule has 104 valence electrons. The quantitative estimate of drug-likeness (QED) is 0.886. The van der Waals surface area contributed by atoms with E-state index in [9.17, 15) is 4.79 Å². The fourth-order valence-corrected chi connectivity index (χ4v) is 2.62. The number of hydrogen-bond acceptors (Lipinski definition) is 4. The highest BCUT2D eigenvalue weighted by Gasteiger charge is 2.40. The number of rotatable bonds is 4. The second-order valence-corrected chi connectivity index (χ2v) is 5.57. The van der Waals surface area contributed by atoms with Gasteiger partial charge in [0.15, 0.2) is 5.69 Å². The molecule has 5 heteroatoms. The van der Waals surface area contributed by atoms with Crippen LogP contribution in [-0.4, -0.2) is 53.9 Å². The van der Waals surface area contributed by atoms with E-state index < -0.39 is 0 Å². The number of aromatic nitrogens is 1. The van der Waals surface area contributed by atoms with E-state index in [-0.39, 0.29) is 11.4 Å². The summed E-state index contributed by atoms with van der Waals surface area (Å²) in [7, 11) is 5.97. The number of carbonyl (C=O) groups excluding carboxylic acids is 1. The molecule has 5 nitrogen and oxygen atoms in total. The summed E-state index contributed by atoms with van der Waals surface area (Å²) in [6.07, 6.45) is 5.10. The molecular weight excluding hydrogens is 240 g/mol. The number of anilines is 1. The Kier molecular flexibility index (Phi) is 3.75. The van der Waals surface area contributed by atoms with Crippen LogP contribution >= 0.6 is 0 Å². The van der Waals surface area contributed by atoms with E-state index in [1.54, 1.807) is 23.2 Å². The fraction of sp³-hybridized carbons (Fsp3) is 0.571. The first-order chi connectivity index (χ1) is 8.96. The molecule has 0 spiro atoms. The van der Waals surface area contributed by atoms with E-state index in [1.807, 2.05) is 7.05 Å². The fourth-order valence-electron chi connectivity index (χ4n) is 2.62. The van der Waals surface area contributed by atoms with Crippen LogP contribution in [0.3, 0.4) is 0 Å². The SMILES string of the molecule is CN(CC1(N(C)C)CCC1)C(=O)c1ncccc1N. The van der Waals surface area contributed by atoms with Gasteiger partial charge in [0.2, 0.25) is 0 Å². The summed E-state index contributed by atoms with van der Waals surface area (Å²) in [4.78, 5) is 20.4. The molecule has 2 N–H and O–H groups in total. The largest absolute Gasteiger partial charge is 0.397 e. The molecule has 19 heavy (non-hydrogen) atoms. The number of hydrogen-bond donors (Lipinski definition) is 1. The minimum atomic E-state index is -0.105. The number of nitrogen functional groups attached to an aromatic ring is 1. The Bertz CT molecular complexity index is 468. The lowest BCUT2D eigenvalue weighted by molar-refractivity contribution is 0.0250.